The predicted octanol–water partition coefficient (Wildman–Crippen LogP) is 3.50. The van der Waals surface area contributed by atoms with Gasteiger partial charge in [0.1, 0.15) is 5.75 Å². The second kappa shape index (κ2) is 5.67. The second-order valence-corrected chi connectivity index (χ2v) is 4.49. The summed E-state index contributed by atoms with van der Waals surface area (Å²) >= 11 is 5.69. The summed E-state index contributed by atoms with van der Waals surface area (Å²) in [6.45, 7) is 0. The average molecular weight is 275 g/mol. The van der Waals surface area contributed by atoms with E-state index >= 15 is 0 Å². The number of benzene rings is 2. The van der Waals surface area contributed by atoms with Crippen LogP contribution < -0.4 is 0 Å². The molecular weight excluding hydrogens is 264 g/mol. The third-order valence-corrected chi connectivity index (χ3v) is 2.91. The van der Waals surface area contributed by atoms with Crippen LogP contribution in [0.25, 0.3) is 0 Å². The minimum absolute atomic E-state index is 0.105. The molecule has 3 nitrogen and oxygen atoms in total. The molecular formula is C15H11ClO3. The molecule has 19 heavy (non-hydrogen) atoms. The molecule has 1 N–H and O–H groups in total. The van der Waals surface area contributed by atoms with E-state index in [0.717, 1.165) is 0 Å². The molecule has 0 radical (unpaired) electrons. The number of hydrogen-bond acceptors (Lipinski definition) is 3. The molecule has 4 heteroatoms. The molecule has 0 aliphatic heterocycles. The van der Waals surface area contributed by atoms with Gasteiger partial charge in [-0.3, -0.25) is 9.59 Å². The van der Waals surface area contributed by atoms with Crippen molar-refractivity contribution in [2.24, 2.45) is 0 Å². The summed E-state index contributed by atoms with van der Waals surface area (Å²) in [6.07, 6.45) is -0.279. The first-order chi connectivity index (χ1) is 9.08. The zero-order chi connectivity index (χ0) is 13.8. The van der Waals surface area contributed by atoms with Gasteiger partial charge < -0.3 is 5.11 Å². The van der Waals surface area contributed by atoms with Crippen LogP contribution >= 0.6 is 11.6 Å². The standard InChI is InChI=1S/C15H11ClO3/c16-11-6-7-12(14(18)8-11)15(19)9-13(17)10-4-2-1-3-5-10/h1-8,18H,9H2. The Morgan fingerprint density at radius 2 is 1.68 bits per heavy atom. The molecule has 0 spiro atoms. The predicted molar refractivity (Wildman–Crippen MR) is 72.8 cm³/mol. The molecule has 0 heterocycles. The number of Topliss-reactive ketones (excluding diaryl/α,β-unsaturated/α-hetero) is 2. The number of rotatable bonds is 4. The lowest BCUT2D eigenvalue weighted by molar-refractivity contribution is 0.0893. The summed E-state index contributed by atoms with van der Waals surface area (Å²) in [5.74, 6) is -0.915. The van der Waals surface area contributed by atoms with Crippen molar-refractivity contribution < 1.29 is 14.7 Å². The van der Waals surface area contributed by atoms with E-state index in [1.165, 1.54) is 18.2 Å². The van der Waals surface area contributed by atoms with Crippen LogP contribution in [0.5, 0.6) is 5.75 Å². The highest BCUT2D eigenvalue weighted by molar-refractivity contribution is 6.31. The molecule has 0 saturated heterocycles. The number of carbonyl (C=O) groups is 2. The normalized spacial score (nSPS) is 10.2. The third kappa shape index (κ3) is 3.20. The van der Waals surface area contributed by atoms with Crippen LogP contribution in [0.15, 0.2) is 48.5 Å². The van der Waals surface area contributed by atoms with E-state index in [1.807, 2.05) is 0 Å². The second-order valence-electron chi connectivity index (χ2n) is 4.05. The first-order valence-electron chi connectivity index (χ1n) is 5.68. The van der Waals surface area contributed by atoms with Crippen molar-refractivity contribution in [3.63, 3.8) is 0 Å². The van der Waals surface area contributed by atoms with Gasteiger partial charge in [-0.05, 0) is 18.2 Å². The van der Waals surface area contributed by atoms with Gasteiger partial charge in [-0.2, -0.15) is 0 Å². The van der Waals surface area contributed by atoms with Crippen molar-refractivity contribution in [2.75, 3.05) is 0 Å². The van der Waals surface area contributed by atoms with Gasteiger partial charge in [-0.25, -0.2) is 0 Å². The first-order valence-corrected chi connectivity index (χ1v) is 6.05. The van der Waals surface area contributed by atoms with Gasteiger partial charge in [0, 0.05) is 10.6 Å². The van der Waals surface area contributed by atoms with Gasteiger partial charge in [-0.1, -0.05) is 41.9 Å². The molecule has 0 unspecified atom stereocenters. The lowest BCUT2D eigenvalue weighted by atomic mass is 10.0. The lowest BCUT2D eigenvalue weighted by Gasteiger charge is -2.04. The van der Waals surface area contributed by atoms with Gasteiger partial charge >= 0.3 is 0 Å². The Morgan fingerprint density at radius 1 is 1.00 bits per heavy atom. The molecule has 0 saturated carbocycles. The van der Waals surface area contributed by atoms with Crippen molar-refractivity contribution in [3.8, 4) is 5.75 Å². The van der Waals surface area contributed by atoms with Crippen molar-refractivity contribution in [1.82, 2.24) is 0 Å². The summed E-state index contributed by atoms with van der Waals surface area (Å²) in [4.78, 5) is 23.8. The van der Waals surface area contributed by atoms with Gasteiger partial charge in [0.25, 0.3) is 0 Å². The van der Waals surface area contributed by atoms with E-state index in [4.69, 9.17) is 11.6 Å². The fourth-order valence-corrected chi connectivity index (χ4v) is 1.87. The summed E-state index contributed by atoms with van der Waals surface area (Å²) in [5.41, 5.74) is 0.581. The van der Waals surface area contributed by atoms with Gasteiger partial charge in [-0.15, -0.1) is 0 Å². The summed E-state index contributed by atoms with van der Waals surface area (Å²) < 4.78 is 0. The molecule has 2 aromatic carbocycles. The summed E-state index contributed by atoms with van der Waals surface area (Å²) in [7, 11) is 0. The number of hydrogen-bond donors (Lipinski definition) is 1. The van der Waals surface area contributed by atoms with Crippen LogP contribution in [0, 0.1) is 0 Å². The van der Waals surface area contributed by atoms with Crippen molar-refractivity contribution in [1.29, 1.82) is 0 Å². The Balaban J connectivity index is 2.15. The maximum Gasteiger partial charge on any atom is 0.174 e. The van der Waals surface area contributed by atoms with Crippen LogP contribution in [-0.4, -0.2) is 16.7 Å². The third-order valence-electron chi connectivity index (χ3n) is 2.68. The van der Waals surface area contributed by atoms with Crippen molar-refractivity contribution >= 4 is 23.2 Å². The minimum Gasteiger partial charge on any atom is -0.507 e. The number of carbonyl (C=O) groups excluding carboxylic acids is 2. The monoisotopic (exact) mass is 274 g/mol. The Labute approximate surface area is 115 Å². The quantitative estimate of drug-likeness (QED) is 0.686. The van der Waals surface area contributed by atoms with Gasteiger partial charge in [0.05, 0.1) is 12.0 Å². The lowest BCUT2D eigenvalue weighted by Crippen LogP contribution is -2.08. The zero-order valence-corrected chi connectivity index (χ0v) is 10.7. The molecule has 0 fully saturated rings. The molecule has 0 aromatic heterocycles. The largest absolute Gasteiger partial charge is 0.507 e. The van der Waals surface area contributed by atoms with E-state index in [9.17, 15) is 14.7 Å². The highest BCUT2D eigenvalue weighted by Crippen LogP contribution is 2.23. The number of phenols is 1. The zero-order valence-electron chi connectivity index (χ0n) is 9.97. The average Bonchev–Trinajstić information content (AvgIpc) is 2.39. The molecule has 2 rings (SSSR count). The van der Waals surface area contributed by atoms with Crippen molar-refractivity contribution in [2.45, 2.75) is 6.42 Å². The fourth-order valence-electron chi connectivity index (χ4n) is 1.71. The van der Waals surface area contributed by atoms with Gasteiger partial charge in [0.2, 0.25) is 0 Å². The smallest absolute Gasteiger partial charge is 0.174 e. The molecule has 0 atom stereocenters. The summed E-state index contributed by atoms with van der Waals surface area (Å²) in [6, 6.07) is 12.8. The Hall–Kier alpha value is -2.13. The van der Waals surface area contributed by atoms with Gasteiger partial charge in [0.15, 0.2) is 11.6 Å². The Bertz CT molecular complexity index is 621. The highest BCUT2D eigenvalue weighted by Gasteiger charge is 2.16. The Kier molecular flexibility index (Phi) is 3.97. The summed E-state index contributed by atoms with van der Waals surface area (Å²) in [5, 5.41) is 9.97. The topological polar surface area (TPSA) is 54.4 Å². The van der Waals surface area contributed by atoms with E-state index in [1.54, 1.807) is 30.3 Å². The number of ketones is 2. The van der Waals surface area contributed by atoms with Crippen LogP contribution in [0.1, 0.15) is 27.1 Å². The fraction of sp³-hybridized carbons (Fsp3) is 0.0667. The van der Waals surface area contributed by atoms with E-state index in [2.05, 4.69) is 0 Å². The SMILES string of the molecule is O=C(CC(=O)c1ccc(Cl)cc1O)c1ccccc1. The molecule has 96 valence electrons. The highest BCUT2D eigenvalue weighted by atomic mass is 35.5. The number of aromatic hydroxyl groups is 1. The Morgan fingerprint density at radius 3 is 2.32 bits per heavy atom. The molecule has 0 bridgehead atoms. The molecule has 0 amide bonds. The molecule has 2 aromatic rings. The van der Waals surface area contributed by atoms with Crippen LogP contribution in [0.3, 0.4) is 0 Å². The van der Waals surface area contributed by atoms with Crippen LogP contribution in [-0.2, 0) is 0 Å². The van der Waals surface area contributed by atoms with E-state index in [0.29, 0.717) is 10.6 Å². The molecule has 0 aliphatic rings. The van der Waals surface area contributed by atoms with E-state index < -0.39 is 5.78 Å². The van der Waals surface area contributed by atoms with E-state index in [-0.39, 0.29) is 23.5 Å². The minimum atomic E-state index is -0.428. The van der Waals surface area contributed by atoms with Crippen LogP contribution in [0.4, 0.5) is 0 Å². The number of phenolic OH excluding ortho intramolecular Hbond substituents is 1. The maximum atomic E-state index is 11.9. The number of halogens is 1. The van der Waals surface area contributed by atoms with Crippen molar-refractivity contribution in [3.05, 3.63) is 64.7 Å². The molecule has 0 aliphatic carbocycles. The maximum absolute atomic E-state index is 11.9. The first kappa shape index (κ1) is 13.3. The van der Waals surface area contributed by atoms with Crippen LogP contribution in [0.2, 0.25) is 5.02 Å².